The summed E-state index contributed by atoms with van der Waals surface area (Å²) in [5.41, 5.74) is 9.44. The van der Waals surface area contributed by atoms with Gasteiger partial charge >= 0.3 is 0 Å². The van der Waals surface area contributed by atoms with Gasteiger partial charge in [0, 0.05) is 30.5 Å². The van der Waals surface area contributed by atoms with Crippen molar-refractivity contribution >= 4 is 11.5 Å². The molecule has 0 radical (unpaired) electrons. The van der Waals surface area contributed by atoms with Gasteiger partial charge in [-0.15, -0.1) is 0 Å². The van der Waals surface area contributed by atoms with Crippen LogP contribution in [0.4, 0.5) is 11.5 Å². The maximum atomic E-state index is 5.93. The molecular weight excluding hydrogens is 246 g/mol. The van der Waals surface area contributed by atoms with Crippen molar-refractivity contribution in [3.63, 3.8) is 0 Å². The first-order valence-electron chi connectivity index (χ1n) is 7.25. The fourth-order valence-electron chi connectivity index (χ4n) is 2.34. The lowest BCUT2D eigenvalue weighted by Gasteiger charge is -2.26. The highest BCUT2D eigenvalue weighted by Crippen LogP contribution is 2.28. The van der Waals surface area contributed by atoms with Crippen LogP contribution in [0.15, 0.2) is 42.6 Å². The number of hydrogen-bond donors (Lipinski definition) is 1. The van der Waals surface area contributed by atoms with E-state index in [1.165, 1.54) is 11.3 Å². The van der Waals surface area contributed by atoms with E-state index in [0.717, 1.165) is 30.8 Å². The molecule has 3 nitrogen and oxygen atoms in total. The normalized spacial score (nSPS) is 10.6. The average molecular weight is 269 g/mol. The summed E-state index contributed by atoms with van der Waals surface area (Å²) >= 11 is 0. The van der Waals surface area contributed by atoms with Crippen molar-refractivity contribution in [3.05, 3.63) is 53.7 Å². The van der Waals surface area contributed by atoms with Gasteiger partial charge in [0.1, 0.15) is 5.82 Å². The van der Waals surface area contributed by atoms with Crippen molar-refractivity contribution in [1.82, 2.24) is 4.98 Å². The van der Waals surface area contributed by atoms with Gasteiger partial charge in [-0.1, -0.05) is 31.5 Å². The van der Waals surface area contributed by atoms with Gasteiger partial charge in [-0.2, -0.15) is 0 Å². The molecule has 0 unspecified atom stereocenters. The number of unbranched alkanes of at least 4 members (excludes halogenated alkanes) is 1. The molecule has 106 valence electrons. The fraction of sp³-hybridized carbons (Fsp3) is 0.353. The van der Waals surface area contributed by atoms with Crippen LogP contribution in [0, 0.1) is 6.92 Å². The van der Waals surface area contributed by atoms with Crippen LogP contribution in [-0.2, 0) is 6.54 Å². The summed E-state index contributed by atoms with van der Waals surface area (Å²) in [6, 6.07) is 12.4. The van der Waals surface area contributed by atoms with Crippen LogP contribution in [0.2, 0.25) is 0 Å². The molecule has 0 saturated carbocycles. The molecule has 2 rings (SSSR count). The third-order valence-electron chi connectivity index (χ3n) is 3.53. The molecule has 0 bridgehead atoms. The highest BCUT2D eigenvalue weighted by atomic mass is 15.2. The zero-order valence-electron chi connectivity index (χ0n) is 12.3. The van der Waals surface area contributed by atoms with Gasteiger partial charge in [0.15, 0.2) is 0 Å². The van der Waals surface area contributed by atoms with Crippen LogP contribution in [-0.4, -0.2) is 11.5 Å². The maximum absolute atomic E-state index is 5.93. The van der Waals surface area contributed by atoms with Gasteiger partial charge in [-0.3, -0.25) is 0 Å². The van der Waals surface area contributed by atoms with Crippen LogP contribution in [0.5, 0.6) is 0 Å². The summed E-state index contributed by atoms with van der Waals surface area (Å²) in [6.45, 7) is 5.78. The molecule has 2 N–H and O–H groups in total. The number of anilines is 2. The predicted octanol–water partition coefficient (Wildman–Crippen LogP) is 3.79. The fourth-order valence-corrected chi connectivity index (χ4v) is 2.34. The molecule has 1 aromatic heterocycles. The highest BCUT2D eigenvalue weighted by Gasteiger charge is 2.15. The van der Waals surface area contributed by atoms with E-state index in [1.54, 1.807) is 0 Å². The Bertz CT molecular complexity index is 537. The molecule has 0 aliphatic carbocycles. The van der Waals surface area contributed by atoms with Crippen LogP contribution < -0.4 is 10.6 Å². The Morgan fingerprint density at radius 2 is 1.90 bits per heavy atom. The molecule has 0 aliphatic heterocycles. The van der Waals surface area contributed by atoms with E-state index in [9.17, 15) is 0 Å². The van der Waals surface area contributed by atoms with Gasteiger partial charge in [0.2, 0.25) is 0 Å². The van der Waals surface area contributed by atoms with Crippen molar-refractivity contribution in [3.8, 4) is 0 Å². The first-order chi connectivity index (χ1) is 9.77. The molecule has 1 aromatic carbocycles. The topological polar surface area (TPSA) is 42.2 Å². The summed E-state index contributed by atoms with van der Waals surface area (Å²) < 4.78 is 0. The van der Waals surface area contributed by atoms with Gasteiger partial charge in [0.05, 0.1) is 0 Å². The second-order valence-corrected chi connectivity index (χ2v) is 4.97. The number of benzene rings is 1. The van der Waals surface area contributed by atoms with E-state index in [2.05, 4.69) is 48.0 Å². The first-order valence-corrected chi connectivity index (χ1v) is 7.25. The van der Waals surface area contributed by atoms with Crippen molar-refractivity contribution in [1.29, 1.82) is 0 Å². The third kappa shape index (κ3) is 3.17. The molecule has 2 aromatic rings. The molecule has 0 amide bonds. The van der Waals surface area contributed by atoms with E-state index in [-0.39, 0.29) is 0 Å². The molecule has 0 atom stereocenters. The smallest absolute Gasteiger partial charge is 0.137 e. The Morgan fingerprint density at radius 3 is 2.55 bits per heavy atom. The number of nitrogens with two attached hydrogens (primary N) is 1. The quantitative estimate of drug-likeness (QED) is 0.867. The Hall–Kier alpha value is -1.87. The number of pyridine rings is 1. The molecule has 3 heteroatoms. The Morgan fingerprint density at radius 1 is 1.15 bits per heavy atom. The number of rotatable bonds is 6. The number of aromatic nitrogens is 1. The molecule has 1 heterocycles. The molecule has 0 spiro atoms. The monoisotopic (exact) mass is 269 g/mol. The van der Waals surface area contributed by atoms with Crippen molar-refractivity contribution < 1.29 is 0 Å². The van der Waals surface area contributed by atoms with E-state index >= 15 is 0 Å². The van der Waals surface area contributed by atoms with E-state index in [0.29, 0.717) is 6.54 Å². The van der Waals surface area contributed by atoms with Crippen molar-refractivity contribution in [2.45, 2.75) is 33.2 Å². The molecule has 20 heavy (non-hydrogen) atoms. The lowest BCUT2D eigenvalue weighted by molar-refractivity contribution is 0.774. The van der Waals surface area contributed by atoms with E-state index in [1.807, 2.05) is 18.3 Å². The lowest BCUT2D eigenvalue weighted by atomic mass is 10.1. The SMILES string of the molecule is CCCCN(c1ccccc1)c1nccc(C)c1CN. The highest BCUT2D eigenvalue weighted by molar-refractivity contribution is 5.63. The molecule has 0 saturated heterocycles. The van der Waals surface area contributed by atoms with Crippen LogP contribution in [0.25, 0.3) is 0 Å². The summed E-state index contributed by atoms with van der Waals surface area (Å²) in [4.78, 5) is 6.86. The zero-order valence-corrected chi connectivity index (χ0v) is 12.3. The lowest BCUT2D eigenvalue weighted by Crippen LogP contribution is -2.22. The average Bonchev–Trinajstić information content (AvgIpc) is 2.49. The number of para-hydroxylation sites is 1. The summed E-state index contributed by atoms with van der Waals surface area (Å²) in [7, 11) is 0. The predicted molar refractivity (Wildman–Crippen MR) is 85.2 cm³/mol. The minimum Gasteiger partial charge on any atom is -0.326 e. The summed E-state index contributed by atoms with van der Waals surface area (Å²) in [5.74, 6) is 0.993. The summed E-state index contributed by atoms with van der Waals surface area (Å²) in [6.07, 6.45) is 4.16. The first kappa shape index (κ1) is 14.5. The number of aryl methyl sites for hydroxylation is 1. The number of hydrogen-bond acceptors (Lipinski definition) is 3. The minimum absolute atomic E-state index is 0.518. The van der Waals surface area contributed by atoms with Gasteiger partial charge in [-0.05, 0) is 37.1 Å². The largest absolute Gasteiger partial charge is 0.326 e. The van der Waals surface area contributed by atoms with Gasteiger partial charge < -0.3 is 10.6 Å². The Labute approximate surface area is 121 Å². The van der Waals surface area contributed by atoms with Crippen molar-refractivity contribution in [2.24, 2.45) is 5.73 Å². The Balaban J connectivity index is 2.44. The third-order valence-corrected chi connectivity index (χ3v) is 3.53. The molecule has 0 aliphatic rings. The van der Waals surface area contributed by atoms with Gasteiger partial charge in [0.25, 0.3) is 0 Å². The Kier molecular flexibility index (Phi) is 5.13. The molecular formula is C17H23N3. The second kappa shape index (κ2) is 7.06. The minimum atomic E-state index is 0.518. The van der Waals surface area contributed by atoms with Crippen molar-refractivity contribution in [2.75, 3.05) is 11.4 Å². The van der Waals surface area contributed by atoms with Crippen LogP contribution in [0.1, 0.15) is 30.9 Å². The second-order valence-electron chi connectivity index (χ2n) is 4.97. The number of nitrogens with zero attached hydrogens (tertiary/aromatic N) is 2. The maximum Gasteiger partial charge on any atom is 0.137 e. The van der Waals surface area contributed by atoms with E-state index in [4.69, 9.17) is 5.73 Å². The van der Waals surface area contributed by atoms with Crippen LogP contribution in [0.3, 0.4) is 0 Å². The standard InChI is InChI=1S/C17H23N3/c1-3-4-12-20(15-8-6-5-7-9-15)17-16(13-18)14(2)10-11-19-17/h5-11H,3-4,12-13,18H2,1-2H3. The molecule has 0 fully saturated rings. The zero-order chi connectivity index (χ0) is 14.4. The summed E-state index contributed by atoms with van der Waals surface area (Å²) in [5, 5.41) is 0. The van der Waals surface area contributed by atoms with E-state index < -0.39 is 0 Å². The van der Waals surface area contributed by atoms with Gasteiger partial charge in [-0.25, -0.2) is 4.98 Å². The van der Waals surface area contributed by atoms with Crippen LogP contribution >= 0.6 is 0 Å².